The molecule has 0 amide bonds. The third-order valence-corrected chi connectivity index (χ3v) is 2.61. The molecule has 1 heterocycles. The van der Waals surface area contributed by atoms with Crippen LogP contribution in [0.1, 0.15) is 6.92 Å². The van der Waals surface area contributed by atoms with Crippen LogP contribution in [0.15, 0.2) is 0 Å². The van der Waals surface area contributed by atoms with Crippen molar-refractivity contribution in [2.75, 3.05) is 32.7 Å². The molecule has 1 saturated heterocycles. The van der Waals surface area contributed by atoms with E-state index in [0.29, 0.717) is 6.54 Å². The van der Waals surface area contributed by atoms with Gasteiger partial charge in [0, 0.05) is 26.2 Å². The molecule has 0 saturated carbocycles. The lowest BCUT2D eigenvalue weighted by molar-refractivity contribution is -0.143. The molecule has 78 valence electrons. The maximum atomic E-state index is 10.7. The molecule has 0 spiro atoms. The van der Waals surface area contributed by atoms with Crippen LogP contribution >= 0.6 is 0 Å². The van der Waals surface area contributed by atoms with Crippen molar-refractivity contribution < 1.29 is 9.90 Å². The average molecular weight is 197 g/mol. The molecule has 0 radical (unpaired) electrons. The number of rotatable bonds is 3. The van der Waals surface area contributed by atoms with Gasteiger partial charge in [-0.1, -0.05) is 0 Å². The van der Waals surface area contributed by atoms with E-state index >= 15 is 0 Å². The minimum atomic E-state index is -0.779. The molecule has 1 fully saturated rings. The van der Waals surface area contributed by atoms with E-state index in [-0.39, 0.29) is 0 Å². The standard InChI is InChI=1S/C9H15N3O2/c1-8(9(13)14)12-6-4-11(3-2-10)5-7-12/h8H,3-7H2,1H3,(H,13,14). The lowest BCUT2D eigenvalue weighted by Crippen LogP contribution is -2.51. The van der Waals surface area contributed by atoms with E-state index in [1.165, 1.54) is 0 Å². The zero-order chi connectivity index (χ0) is 10.6. The molecule has 1 unspecified atom stereocenters. The summed E-state index contributed by atoms with van der Waals surface area (Å²) in [5.74, 6) is -0.779. The molecule has 5 nitrogen and oxygen atoms in total. The SMILES string of the molecule is CC(C(=O)O)N1CCN(CC#N)CC1. The predicted octanol–water partition coefficient (Wildman–Crippen LogP) is -0.399. The van der Waals surface area contributed by atoms with E-state index < -0.39 is 12.0 Å². The average Bonchev–Trinajstić information content (AvgIpc) is 2.18. The van der Waals surface area contributed by atoms with Crippen LogP contribution in [0.5, 0.6) is 0 Å². The Kier molecular flexibility index (Phi) is 3.86. The van der Waals surface area contributed by atoms with Crippen LogP contribution in [-0.4, -0.2) is 59.6 Å². The Labute approximate surface area is 83.5 Å². The first kappa shape index (κ1) is 11.0. The number of hydrogen-bond donors (Lipinski definition) is 1. The Bertz CT molecular complexity index is 241. The second-order valence-corrected chi connectivity index (χ2v) is 3.48. The molecule has 14 heavy (non-hydrogen) atoms. The molecule has 0 aromatic carbocycles. The highest BCUT2D eigenvalue weighted by atomic mass is 16.4. The van der Waals surface area contributed by atoms with E-state index in [2.05, 4.69) is 6.07 Å². The van der Waals surface area contributed by atoms with Gasteiger partial charge < -0.3 is 5.11 Å². The molecule has 5 heteroatoms. The van der Waals surface area contributed by atoms with Gasteiger partial charge in [-0.2, -0.15) is 5.26 Å². The third kappa shape index (κ3) is 2.69. The molecule has 1 atom stereocenters. The zero-order valence-electron chi connectivity index (χ0n) is 8.31. The van der Waals surface area contributed by atoms with Crippen molar-refractivity contribution in [3.05, 3.63) is 0 Å². The minimum absolute atomic E-state index is 0.417. The summed E-state index contributed by atoms with van der Waals surface area (Å²) in [5.41, 5.74) is 0. The van der Waals surface area contributed by atoms with E-state index in [1.54, 1.807) is 6.92 Å². The number of piperazine rings is 1. The first-order valence-corrected chi connectivity index (χ1v) is 4.71. The van der Waals surface area contributed by atoms with Gasteiger partial charge in [0.25, 0.3) is 0 Å². The van der Waals surface area contributed by atoms with Crippen LogP contribution in [-0.2, 0) is 4.79 Å². The van der Waals surface area contributed by atoms with Crippen LogP contribution in [0.25, 0.3) is 0 Å². The van der Waals surface area contributed by atoms with Gasteiger partial charge in [-0.3, -0.25) is 14.6 Å². The maximum absolute atomic E-state index is 10.7. The van der Waals surface area contributed by atoms with Crippen molar-refractivity contribution in [1.29, 1.82) is 5.26 Å². The maximum Gasteiger partial charge on any atom is 0.320 e. The summed E-state index contributed by atoms with van der Waals surface area (Å²) in [5, 5.41) is 17.3. The largest absolute Gasteiger partial charge is 0.480 e. The molecule has 0 aromatic rings. The molecule has 0 bridgehead atoms. The van der Waals surface area contributed by atoms with Gasteiger partial charge in [0.2, 0.25) is 0 Å². The van der Waals surface area contributed by atoms with Gasteiger partial charge in [-0.25, -0.2) is 0 Å². The first-order valence-electron chi connectivity index (χ1n) is 4.71. The number of carboxylic acids is 1. The molecule has 0 aliphatic carbocycles. The van der Waals surface area contributed by atoms with Crippen LogP contribution in [0.3, 0.4) is 0 Å². The number of nitrogens with zero attached hydrogens (tertiary/aromatic N) is 3. The van der Waals surface area contributed by atoms with Crippen molar-refractivity contribution in [1.82, 2.24) is 9.80 Å². The van der Waals surface area contributed by atoms with Crippen LogP contribution in [0.4, 0.5) is 0 Å². The molecule has 1 N–H and O–H groups in total. The predicted molar refractivity (Wildman–Crippen MR) is 50.7 cm³/mol. The fraction of sp³-hybridized carbons (Fsp3) is 0.778. The topological polar surface area (TPSA) is 67.6 Å². The van der Waals surface area contributed by atoms with Gasteiger partial charge in [-0.05, 0) is 6.92 Å². The number of aliphatic carboxylic acids is 1. The van der Waals surface area contributed by atoms with Crippen molar-refractivity contribution in [2.24, 2.45) is 0 Å². The molecule has 0 aromatic heterocycles. The molecule has 1 aliphatic heterocycles. The lowest BCUT2D eigenvalue weighted by Gasteiger charge is -2.35. The summed E-state index contributed by atoms with van der Waals surface area (Å²) in [6.07, 6.45) is 0. The molecule has 1 rings (SSSR count). The van der Waals surface area contributed by atoms with Crippen molar-refractivity contribution in [3.63, 3.8) is 0 Å². The van der Waals surface area contributed by atoms with E-state index in [9.17, 15) is 4.79 Å². The van der Waals surface area contributed by atoms with Crippen LogP contribution < -0.4 is 0 Å². The van der Waals surface area contributed by atoms with Gasteiger partial charge in [-0.15, -0.1) is 0 Å². The fourth-order valence-corrected chi connectivity index (χ4v) is 1.56. The fourth-order valence-electron chi connectivity index (χ4n) is 1.56. The Morgan fingerprint density at radius 3 is 2.50 bits per heavy atom. The molecular weight excluding hydrogens is 182 g/mol. The Morgan fingerprint density at radius 1 is 1.50 bits per heavy atom. The summed E-state index contributed by atoms with van der Waals surface area (Å²) < 4.78 is 0. The quantitative estimate of drug-likeness (QED) is 0.623. The number of carboxylic acid groups (broad SMARTS) is 1. The molecular formula is C9H15N3O2. The van der Waals surface area contributed by atoms with E-state index in [1.807, 2.05) is 9.80 Å². The van der Waals surface area contributed by atoms with Gasteiger partial charge in [0.05, 0.1) is 12.6 Å². The Morgan fingerprint density at radius 2 is 2.07 bits per heavy atom. The summed E-state index contributed by atoms with van der Waals surface area (Å²) >= 11 is 0. The van der Waals surface area contributed by atoms with Crippen molar-refractivity contribution >= 4 is 5.97 Å². The Hall–Kier alpha value is -1.12. The summed E-state index contributed by atoms with van der Waals surface area (Å²) in [7, 11) is 0. The van der Waals surface area contributed by atoms with E-state index in [0.717, 1.165) is 26.2 Å². The summed E-state index contributed by atoms with van der Waals surface area (Å²) in [6, 6.07) is 1.68. The van der Waals surface area contributed by atoms with Gasteiger partial charge in [0.15, 0.2) is 0 Å². The number of carbonyl (C=O) groups is 1. The minimum Gasteiger partial charge on any atom is -0.480 e. The van der Waals surface area contributed by atoms with Crippen LogP contribution in [0.2, 0.25) is 0 Å². The highest BCUT2D eigenvalue weighted by molar-refractivity contribution is 5.72. The van der Waals surface area contributed by atoms with Crippen LogP contribution in [0, 0.1) is 11.3 Å². The third-order valence-electron chi connectivity index (χ3n) is 2.61. The van der Waals surface area contributed by atoms with Gasteiger partial charge in [0.1, 0.15) is 6.04 Å². The number of nitriles is 1. The van der Waals surface area contributed by atoms with Crippen molar-refractivity contribution in [2.45, 2.75) is 13.0 Å². The zero-order valence-corrected chi connectivity index (χ0v) is 8.31. The van der Waals surface area contributed by atoms with E-state index in [4.69, 9.17) is 10.4 Å². The number of hydrogen-bond acceptors (Lipinski definition) is 4. The smallest absolute Gasteiger partial charge is 0.320 e. The first-order chi connectivity index (χ1) is 6.65. The second kappa shape index (κ2) is 4.94. The lowest BCUT2D eigenvalue weighted by atomic mass is 10.2. The van der Waals surface area contributed by atoms with Crippen molar-refractivity contribution in [3.8, 4) is 6.07 Å². The summed E-state index contributed by atoms with van der Waals surface area (Å²) in [6.45, 7) is 5.16. The highest BCUT2D eigenvalue weighted by Gasteiger charge is 2.24. The Balaban J connectivity index is 2.36. The summed E-state index contributed by atoms with van der Waals surface area (Å²) in [4.78, 5) is 14.7. The monoisotopic (exact) mass is 197 g/mol. The highest BCUT2D eigenvalue weighted by Crippen LogP contribution is 2.05. The molecule has 1 aliphatic rings. The normalized spacial score (nSPS) is 21.4. The van der Waals surface area contributed by atoms with Gasteiger partial charge >= 0.3 is 5.97 Å². The second-order valence-electron chi connectivity index (χ2n) is 3.48.